The molecule has 6 heteroatoms. The van der Waals surface area contributed by atoms with Gasteiger partial charge in [-0.05, 0) is 37.6 Å². The van der Waals surface area contributed by atoms with Crippen LogP contribution >= 0.6 is 11.6 Å². The number of carbonyl (C=O) groups excluding carboxylic acids is 1. The molecule has 5 nitrogen and oxygen atoms in total. The number of alkyl halides is 1. The van der Waals surface area contributed by atoms with Crippen LogP contribution in [0.4, 0.5) is 0 Å². The number of carbonyl (C=O) groups is 1. The van der Waals surface area contributed by atoms with Gasteiger partial charge in [0, 0.05) is 30.3 Å². The van der Waals surface area contributed by atoms with E-state index in [0.29, 0.717) is 25.4 Å². The van der Waals surface area contributed by atoms with Gasteiger partial charge in [-0.1, -0.05) is 17.7 Å². The molecule has 3 heterocycles. The Labute approximate surface area is 157 Å². The molecule has 0 aliphatic carbocycles. The molecule has 0 N–H and O–H groups in total. The van der Waals surface area contributed by atoms with Gasteiger partial charge in [0.1, 0.15) is 5.82 Å². The molecule has 2 aromatic heterocycles. The molecule has 1 aliphatic heterocycles. The molecule has 134 valence electrons. The van der Waals surface area contributed by atoms with E-state index in [4.69, 9.17) is 16.7 Å². The van der Waals surface area contributed by atoms with E-state index in [9.17, 15) is 4.79 Å². The average Bonchev–Trinajstić information content (AvgIpc) is 3.30. The summed E-state index contributed by atoms with van der Waals surface area (Å²) in [4.78, 5) is 14.1. The molecule has 0 radical (unpaired) electrons. The number of benzene rings is 1. The molecule has 0 spiro atoms. The number of aryl methyl sites for hydroxylation is 2. The van der Waals surface area contributed by atoms with E-state index in [-0.39, 0.29) is 5.91 Å². The lowest BCUT2D eigenvalue weighted by Crippen LogP contribution is -2.26. The standard InChI is InChI=1S/C20H21ClN4O/c1-14-5-6-18(15(2)11-14)25-20(23-9-3-4-10-23)16-12-24(13-17(16)22-25)19(26)7-8-21/h3-6,9-11H,7-8,12-13H2,1-2H3. The minimum atomic E-state index is 0.0783. The number of nitrogens with zero attached hydrogens (tertiary/aromatic N) is 4. The monoisotopic (exact) mass is 368 g/mol. The summed E-state index contributed by atoms with van der Waals surface area (Å²) in [6.45, 7) is 5.30. The van der Waals surface area contributed by atoms with E-state index in [0.717, 1.165) is 22.8 Å². The van der Waals surface area contributed by atoms with Crippen molar-refractivity contribution in [3.05, 3.63) is 65.1 Å². The summed E-state index contributed by atoms with van der Waals surface area (Å²) in [5.41, 5.74) is 5.52. The van der Waals surface area contributed by atoms with Crippen LogP contribution in [0.25, 0.3) is 11.5 Å². The third-order valence-electron chi connectivity index (χ3n) is 4.82. The molecule has 0 fully saturated rings. The SMILES string of the molecule is Cc1ccc(-n2nc3c(c2-n2cccc2)CN(C(=O)CCCl)C3)c(C)c1. The summed E-state index contributed by atoms with van der Waals surface area (Å²) in [6, 6.07) is 10.4. The van der Waals surface area contributed by atoms with E-state index in [1.807, 2.05) is 34.1 Å². The summed E-state index contributed by atoms with van der Waals surface area (Å²) in [7, 11) is 0. The normalized spacial score (nSPS) is 13.3. The molecule has 0 unspecified atom stereocenters. The fourth-order valence-corrected chi connectivity index (χ4v) is 3.73. The lowest BCUT2D eigenvalue weighted by atomic mass is 10.1. The first-order valence-corrected chi connectivity index (χ1v) is 9.27. The van der Waals surface area contributed by atoms with Crippen LogP contribution in [0.5, 0.6) is 0 Å². The predicted molar refractivity (Wildman–Crippen MR) is 102 cm³/mol. The van der Waals surface area contributed by atoms with E-state index in [1.54, 1.807) is 0 Å². The van der Waals surface area contributed by atoms with Crippen molar-refractivity contribution in [3.63, 3.8) is 0 Å². The fourth-order valence-electron chi connectivity index (χ4n) is 3.57. The maximum absolute atomic E-state index is 12.3. The van der Waals surface area contributed by atoms with Crippen molar-refractivity contribution in [1.29, 1.82) is 0 Å². The Bertz CT molecular complexity index is 959. The molecule has 0 saturated carbocycles. The van der Waals surface area contributed by atoms with Gasteiger partial charge in [-0.3, -0.25) is 4.79 Å². The minimum absolute atomic E-state index is 0.0783. The van der Waals surface area contributed by atoms with Crippen LogP contribution in [0.1, 0.15) is 28.8 Å². The highest BCUT2D eigenvalue weighted by Crippen LogP contribution is 2.31. The number of hydrogen-bond acceptors (Lipinski definition) is 2. The highest BCUT2D eigenvalue weighted by atomic mass is 35.5. The Morgan fingerprint density at radius 2 is 1.96 bits per heavy atom. The summed E-state index contributed by atoms with van der Waals surface area (Å²) >= 11 is 5.74. The zero-order chi connectivity index (χ0) is 18.3. The van der Waals surface area contributed by atoms with Gasteiger partial charge in [0.25, 0.3) is 0 Å². The smallest absolute Gasteiger partial charge is 0.224 e. The summed E-state index contributed by atoms with van der Waals surface area (Å²) in [6.07, 6.45) is 4.39. The Kier molecular flexibility index (Phi) is 4.32. The molecular weight excluding hydrogens is 348 g/mol. The van der Waals surface area contributed by atoms with Crippen LogP contribution in [-0.2, 0) is 17.9 Å². The molecule has 26 heavy (non-hydrogen) atoms. The zero-order valence-corrected chi connectivity index (χ0v) is 15.7. The Morgan fingerprint density at radius 1 is 1.19 bits per heavy atom. The quantitative estimate of drug-likeness (QED) is 0.658. The first-order valence-electron chi connectivity index (χ1n) is 8.74. The molecule has 3 aromatic rings. The van der Waals surface area contributed by atoms with Crippen molar-refractivity contribution < 1.29 is 4.79 Å². The number of amides is 1. The maximum atomic E-state index is 12.3. The number of fused-ring (bicyclic) bond motifs is 1. The van der Waals surface area contributed by atoms with Crippen molar-refractivity contribution in [2.24, 2.45) is 0 Å². The van der Waals surface area contributed by atoms with Crippen molar-refractivity contribution in [2.45, 2.75) is 33.4 Å². The van der Waals surface area contributed by atoms with Gasteiger partial charge < -0.3 is 9.47 Å². The second-order valence-electron chi connectivity index (χ2n) is 6.73. The second kappa shape index (κ2) is 6.65. The lowest BCUT2D eigenvalue weighted by molar-refractivity contribution is -0.131. The van der Waals surface area contributed by atoms with Crippen LogP contribution in [0.2, 0.25) is 0 Å². The third-order valence-corrected chi connectivity index (χ3v) is 5.01. The van der Waals surface area contributed by atoms with Gasteiger partial charge in [-0.15, -0.1) is 11.6 Å². The highest BCUT2D eigenvalue weighted by molar-refractivity contribution is 6.18. The van der Waals surface area contributed by atoms with Gasteiger partial charge in [0.2, 0.25) is 5.91 Å². The molecule has 0 bridgehead atoms. The number of hydrogen-bond donors (Lipinski definition) is 0. The van der Waals surface area contributed by atoms with Crippen molar-refractivity contribution in [2.75, 3.05) is 5.88 Å². The van der Waals surface area contributed by atoms with E-state index < -0.39 is 0 Å². The Morgan fingerprint density at radius 3 is 2.65 bits per heavy atom. The summed E-state index contributed by atoms with van der Waals surface area (Å²) < 4.78 is 4.07. The molecule has 1 amide bonds. The first kappa shape index (κ1) is 16.9. The molecule has 0 atom stereocenters. The van der Waals surface area contributed by atoms with Crippen LogP contribution in [0, 0.1) is 13.8 Å². The predicted octanol–water partition coefficient (Wildman–Crippen LogP) is 3.75. The van der Waals surface area contributed by atoms with Crippen LogP contribution in [-0.4, -0.2) is 31.0 Å². The van der Waals surface area contributed by atoms with E-state index in [2.05, 4.69) is 36.6 Å². The van der Waals surface area contributed by atoms with Crippen molar-refractivity contribution >= 4 is 17.5 Å². The van der Waals surface area contributed by atoms with Gasteiger partial charge in [0.15, 0.2) is 0 Å². The summed E-state index contributed by atoms with van der Waals surface area (Å²) in [5, 5.41) is 4.87. The number of halogens is 1. The van der Waals surface area contributed by atoms with Gasteiger partial charge in [-0.2, -0.15) is 5.10 Å². The van der Waals surface area contributed by atoms with Crippen molar-refractivity contribution in [1.82, 2.24) is 19.2 Å². The van der Waals surface area contributed by atoms with Gasteiger partial charge in [0.05, 0.1) is 24.5 Å². The molecule has 0 saturated heterocycles. The average molecular weight is 369 g/mol. The third kappa shape index (κ3) is 2.82. The Balaban J connectivity index is 1.81. The zero-order valence-electron chi connectivity index (χ0n) is 14.9. The number of aromatic nitrogens is 3. The van der Waals surface area contributed by atoms with Gasteiger partial charge >= 0.3 is 0 Å². The highest BCUT2D eigenvalue weighted by Gasteiger charge is 2.31. The topological polar surface area (TPSA) is 43.1 Å². The minimum Gasteiger partial charge on any atom is -0.332 e. The number of rotatable bonds is 4. The largest absolute Gasteiger partial charge is 0.332 e. The summed E-state index contributed by atoms with van der Waals surface area (Å²) in [5.74, 6) is 1.42. The van der Waals surface area contributed by atoms with Crippen LogP contribution < -0.4 is 0 Å². The molecular formula is C20H21ClN4O. The molecule has 4 rings (SSSR count). The molecule has 1 aliphatic rings. The van der Waals surface area contributed by atoms with E-state index in [1.165, 1.54) is 11.1 Å². The maximum Gasteiger partial charge on any atom is 0.224 e. The molecule has 1 aromatic carbocycles. The van der Waals surface area contributed by atoms with E-state index >= 15 is 0 Å². The van der Waals surface area contributed by atoms with Gasteiger partial charge in [-0.25, -0.2) is 4.68 Å². The first-order chi connectivity index (χ1) is 12.6. The van der Waals surface area contributed by atoms with Crippen molar-refractivity contribution in [3.8, 4) is 11.5 Å². The Hall–Kier alpha value is -2.53. The fraction of sp³-hybridized carbons (Fsp3) is 0.300. The van der Waals surface area contributed by atoms with Crippen LogP contribution in [0.3, 0.4) is 0 Å². The van der Waals surface area contributed by atoms with Crippen LogP contribution in [0.15, 0.2) is 42.7 Å². The second-order valence-corrected chi connectivity index (χ2v) is 7.11. The lowest BCUT2D eigenvalue weighted by Gasteiger charge is -2.17.